The smallest absolute Gasteiger partial charge is 0.246 e. The monoisotopic (exact) mass is 287 g/mol. The molecule has 2 fully saturated rings. The molecule has 0 aromatic heterocycles. The summed E-state index contributed by atoms with van der Waals surface area (Å²) in [5.74, 6) is -0.460. The highest BCUT2D eigenvalue weighted by molar-refractivity contribution is 5.77. The van der Waals surface area contributed by atoms with Crippen LogP contribution < -0.4 is 5.32 Å². The molecule has 1 N–H and O–H groups in total. The predicted molar refractivity (Wildman–Crippen MR) is 72.3 cm³/mol. The summed E-state index contributed by atoms with van der Waals surface area (Å²) in [4.78, 5) is 11.7. The topological polar surface area (TPSA) is 66.0 Å². The first-order valence-corrected chi connectivity index (χ1v) is 7.31. The summed E-state index contributed by atoms with van der Waals surface area (Å²) in [6.07, 6.45) is 3.57. The molecule has 6 heteroatoms. The molecule has 1 saturated carbocycles. The molecule has 1 saturated heterocycles. The quantitative estimate of drug-likeness (QED) is 0.784. The molecule has 1 heterocycles. The fourth-order valence-electron chi connectivity index (χ4n) is 2.79. The summed E-state index contributed by atoms with van der Waals surface area (Å²) in [6.45, 7) is 3.89. The molecule has 0 aromatic carbocycles. The van der Waals surface area contributed by atoms with Crippen molar-refractivity contribution in [2.75, 3.05) is 33.5 Å². The average Bonchev–Trinajstić information content (AvgIpc) is 2.87. The standard InChI is InChI=1S/C14H25NO5/c1-11(9-17-2)15-13(16)10-18-12-3-5-14(6-4-12)19-7-8-20-14/h11-12H,3-10H2,1-2H3,(H,15,16). The van der Waals surface area contributed by atoms with Gasteiger partial charge in [-0.05, 0) is 19.8 Å². The van der Waals surface area contributed by atoms with E-state index in [4.69, 9.17) is 18.9 Å². The normalized spacial score (nSPS) is 23.9. The molecule has 1 atom stereocenters. The second-order valence-corrected chi connectivity index (χ2v) is 5.54. The van der Waals surface area contributed by atoms with Crippen LogP contribution in [-0.4, -0.2) is 57.4 Å². The lowest BCUT2D eigenvalue weighted by Gasteiger charge is -2.35. The van der Waals surface area contributed by atoms with Crippen molar-refractivity contribution < 1.29 is 23.7 Å². The number of methoxy groups -OCH3 is 1. The van der Waals surface area contributed by atoms with E-state index < -0.39 is 0 Å². The maximum absolute atomic E-state index is 11.7. The summed E-state index contributed by atoms with van der Waals surface area (Å²) in [5.41, 5.74) is 0. The van der Waals surface area contributed by atoms with Gasteiger partial charge in [-0.3, -0.25) is 4.79 Å². The van der Waals surface area contributed by atoms with Crippen LogP contribution in [0.2, 0.25) is 0 Å². The first-order valence-electron chi connectivity index (χ1n) is 7.31. The lowest BCUT2D eigenvalue weighted by Crippen LogP contribution is -2.41. The highest BCUT2D eigenvalue weighted by Crippen LogP contribution is 2.36. The van der Waals surface area contributed by atoms with E-state index in [0.717, 1.165) is 25.7 Å². The van der Waals surface area contributed by atoms with Gasteiger partial charge in [0.2, 0.25) is 5.91 Å². The minimum Gasteiger partial charge on any atom is -0.383 e. The second kappa shape index (κ2) is 7.36. The van der Waals surface area contributed by atoms with E-state index in [1.165, 1.54) is 0 Å². The SMILES string of the molecule is COCC(C)NC(=O)COC1CCC2(CC1)OCCO2. The molecule has 1 amide bonds. The van der Waals surface area contributed by atoms with Crippen molar-refractivity contribution in [1.29, 1.82) is 0 Å². The van der Waals surface area contributed by atoms with Gasteiger partial charge in [0, 0.05) is 26.0 Å². The Balaban J connectivity index is 1.62. The van der Waals surface area contributed by atoms with Gasteiger partial charge in [-0.25, -0.2) is 0 Å². The number of carbonyl (C=O) groups is 1. The van der Waals surface area contributed by atoms with Gasteiger partial charge in [-0.2, -0.15) is 0 Å². The molecule has 20 heavy (non-hydrogen) atoms. The van der Waals surface area contributed by atoms with Gasteiger partial charge in [0.25, 0.3) is 0 Å². The summed E-state index contributed by atoms with van der Waals surface area (Å²) >= 11 is 0. The van der Waals surface area contributed by atoms with Crippen molar-refractivity contribution in [1.82, 2.24) is 5.32 Å². The largest absolute Gasteiger partial charge is 0.383 e. The molecule has 2 rings (SSSR count). The fraction of sp³-hybridized carbons (Fsp3) is 0.929. The molecular formula is C14H25NO5. The third-order valence-electron chi connectivity index (χ3n) is 3.78. The lowest BCUT2D eigenvalue weighted by molar-refractivity contribution is -0.191. The van der Waals surface area contributed by atoms with Crippen LogP contribution in [0.25, 0.3) is 0 Å². The van der Waals surface area contributed by atoms with Crippen molar-refractivity contribution >= 4 is 5.91 Å². The highest BCUT2D eigenvalue weighted by Gasteiger charge is 2.40. The van der Waals surface area contributed by atoms with E-state index in [9.17, 15) is 4.79 Å². The van der Waals surface area contributed by atoms with E-state index in [-0.39, 0.29) is 30.4 Å². The Morgan fingerprint density at radius 3 is 2.60 bits per heavy atom. The van der Waals surface area contributed by atoms with Gasteiger partial charge >= 0.3 is 0 Å². The van der Waals surface area contributed by atoms with E-state index in [1.54, 1.807) is 7.11 Å². The molecular weight excluding hydrogens is 262 g/mol. The Bertz CT molecular complexity index is 307. The molecule has 1 unspecified atom stereocenters. The van der Waals surface area contributed by atoms with Gasteiger partial charge in [-0.15, -0.1) is 0 Å². The van der Waals surface area contributed by atoms with Crippen molar-refractivity contribution in [2.24, 2.45) is 0 Å². The molecule has 116 valence electrons. The molecule has 1 spiro atoms. The minimum atomic E-state index is -0.366. The molecule has 0 bridgehead atoms. The van der Waals surface area contributed by atoms with E-state index in [1.807, 2.05) is 6.92 Å². The molecule has 0 aromatic rings. The van der Waals surface area contributed by atoms with Crippen LogP contribution in [0.1, 0.15) is 32.6 Å². The van der Waals surface area contributed by atoms with Gasteiger partial charge in [0.1, 0.15) is 6.61 Å². The first-order chi connectivity index (χ1) is 9.63. The highest BCUT2D eigenvalue weighted by atomic mass is 16.7. The summed E-state index contributed by atoms with van der Waals surface area (Å²) in [5, 5.41) is 2.83. The number of ether oxygens (including phenoxy) is 4. The maximum atomic E-state index is 11.7. The Kier molecular flexibility index (Phi) is 5.77. The lowest BCUT2D eigenvalue weighted by atomic mass is 9.92. The van der Waals surface area contributed by atoms with Crippen LogP contribution in [-0.2, 0) is 23.7 Å². The zero-order chi connectivity index (χ0) is 14.4. The Morgan fingerprint density at radius 2 is 2.00 bits per heavy atom. The molecule has 1 aliphatic heterocycles. The van der Waals surface area contributed by atoms with Crippen molar-refractivity contribution in [2.45, 2.75) is 50.5 Å². The minimum absolute atomic E-state index is 0.00557. The number of rotatable bonds is 6. The third-order valence-corrected chi connectivity index (χ3v) is 3.78. The van der Waals surface area contributed by atoms with Crippen molar-refractivity contribution in [3.05, 3.63) is 0 Å². The number of amides is 1. The van der Waals surface area contributed by atoms with Gasteiger partial charge in [0.15, 0.2) is 5.79 Å². The van der Waals surface area contributed by atoms with Crippen LogP contribution in [0.5, 0.6) is 0 Å². The predicted octanol–water partition coefficient (Wildman–Crippen LogP) is 0.840. The average molecular weight is 287 g/mol. The molecule has 6 nitrogen and oxygen atoms in total. The van der Waals surface area contributed by atoms with E-state index in [0.29, 0.717) is 19.8 Å². The summed E-state index contributed by atoms with van der Waals surface area (Å²) in [7, 11) is 1.62. The summed E-state index contributed by atoms with van der Waals surface area (Å²) < 4.78 is 22.0. The fourth-order valence-corrected chi connectivity index (χ4v) is 2.79. The summed E-state index contributed by atoms with van der Waals surface area (Å²) in [6, 6.07) is 0.00557. The van der Waals surface area contributed by atoms with Crippen LogP contribution in [0.3, 0.4) is 0 Å². The van der Waals surface area contributed by atoms with Crippen molar-refractivity contribution in [3.63, 3.8) is 0 Å². The second-order valence-electron chi connectivity index (χ2n) is 5.54. The van der Waals surface area contributed by atoms with Gasteiger partial charge in [0.05, 0.1) is 25.9 Å². The number of nitrogens with one attached hydrogen (secondary N) is 1. The molecule has 0 radical (unpaired) electrons. The maximum Gasteiger partial charge on any atom is 0.246 e. The van der Waals surface area contributed by atoms with Crippen molar-refractivity contribution in [3.8, 4) is 0 Å². The van der Waals surface area contributed by atoms with E-state index >= 15 is 0 Å². The molecule has 2 aliphatic rings. The number of hydrogen-bond acceptors (Lipinski definition) is 5. The van der Waals surface area contributed by atoms with Crippen LogP contribution in [0, 0.1) is 0 Å². The van der Waals surface area contributed by atoms with Crippen LogP contribution in [0.15, 0.2) is 0 Å². The Labute approximate surface area is 120 Å². The number of hydrogen-bond donors (Lipinski definition) is 1. The third kappa shape index (κ3) is 4.41. The van der Waals surface area contributed by atoms with Crippen LogP contribution in [0.4, 0.5) is 0 Å². The molecule has 1 aliphatic carbocycles. The van der Waals surface area contributed by atoms with E-state index in [2.05, 4.69) is 5.32 Å². The zero-order valence-corrected chi connectivity index (χ0v) is 12.4. The van der Waals surface area contributed by atoms with Gasteiger partial charge in [-0.1, -0.05) is 0 Å². The Morgan fingerprint density at radius 1 is 1.35 bits per heavy atom. The van der Waals surface area contributed by atoms with Crippen LogP contribution >= 0.6 is 0 Å². The zero-order valence-electron chi connectivity index (χ0n) is 12.4. The van der Waals surface area contributed by atoms with Gasteiger partial charge < -0.3 is 24.3 Å². The number of carbonyl (C=O) groups excluding carboxylic acids is 1. The first kappa shape index (κ1) is 15.7. The Hall–Kier alpha value is -0.690.